The summed E-state index contributed by atoms with van der Waals surface area (Å²) in [6.45, 7) is 10.3. The molecule has 0 heterocycles. The molecule has 1 nitrogen and oxygen atoms in total. The van der Waals surface area contributed by atoms with Crippen LogP contribution in [0.2, 0.25) is 0 Å². The predicted molar refractivity (Wildman–Crippen MR) is 86.0 cm³/mol. The van der Waals surface area contributed by atoms with Gasteiger partial charge in [0.1, 0.15) is 0 Å². The van der Waals surface area contributed by atoms with E-state index in [1.165, 1.54) is 23.3 Å². The predicted octanol–water partition coefficient (Wildman–Crippen LogP) is 4.68. The number of rotatable bonds is 6. The first kappa shape index (κ1) is 14.9. The lowest BCUT2D eigenvalue weighted by Crippen LogP contribution is -2.48. The lowest BCUT2D eigenvalue weighted by Gasteiger charge is -2.44. The van der Waals surface area contributed by atoms with Crippen LogP contribution in [0, 0.1) is 5.92 Å². The second-order valence-electron chi connectivity index (χ2n) is 6.00. The van der Waals surface area contributed by atoms with E-state index >= 15 is 0 Å². The molecule has 3 atom stereocenters. The van der Waals surface area contributed by atoms with Crippen LogP contribution in [-0.2, 0) is 0 Å². The fraction of sp³-hybridized carbons (Fsp3) is 0.647. The summed E-state index contributed by atoms with van der Waals surface area (Å²) >= 11 is 1.94. The number of benzene rings is 1. The Hall–Kier alpha value is -0.470. The fourth-order valence-electron chi connectivity index (χ4n) is 2.89. The highest BCUT2D eigenvalue weighted by Crippen LogP contribution is 2.42. The van der Waals surface area contributed by atoms with Gasteiger partial charge in [0, 0.05) is 16.2 Å². The van der Waals surface area contributed by atoms with Gasteiger partial charge in [0.2, 0.25) is 0 Å². The third-order valence-corrected chi connectivity index (χ3v) is 5.13. The van der Waals surface area contributed by atoms with Crippen LogP contribution in [0.4, 0.5) is 0 Å². The summed E-state index contributed by atoms with van der Waals surface area (Å²) in [5.74, 6) is 1.53. The van der Waals surface area contributed by atoms with Crippen molar-refractivity contribution in [1.82, 2.24) is 5.32 Å². The molecular weight excluding hydrogens is 250 g/mol. The van der Waals surface area contributed by atoms with Crippen molar-refractivity contribution in [3.63, 3.8) is 0 Å². The average molecular weight is 277 g/mol. The number of nitrogens with one attached hydrogen (secondary N) is 1. The molecule has 0 saturated heterocycles. The van der Waals surface area contributed by atoms with E-state index in [0.29, 0.717) is 5.25 Å². The summed E-state index contributed by atoms with van der Waals surface area (Å²) in [6, 6.07) is 9.98. The third kappa shape index (κ3) is 3.76. The molecule has 1 N–H and O–H groups in total. The molecular formula is C17H27NS. The van der Waals surface area contributed by atoms with Gasteiger partial charge >= 0.3 is 0 Å². The van der Waals surface area contributed by atoms with Crippen LogP contribution in [-0.4, -0.2) is 17.8 Å². The van der Waals surface area contributed by atoms with Gasteiger partial charge in [-0.3, -0.25) is 0 Å². The van der Waals surface area contributed by atoms with E-state index < -0.39 is 0 Å². The van der Waals surface area contributed by atoms with Crippen LogP contribution >= 0.6 is 11.8 Å². The maximum Gasteiger partial charge on any atom is 0.0104 e. The molecule has 3 unspecified atom stereocenters. The lowest BCUT2D eigenvalue weighted by atomic mass is 9.67. The van der Waals surface area contributed by atoms with Gasteiger partial charge < -0.3 is 5.32 Å². The summed E-state index contributed by atoms with van der Waals surface area (Å²) in [6.07, 6.45) is 2.53. The molecule has 1 aromatic rings. The zero-order valence-corrected chi connectivity index (χ0v) is 13.5. The summed E-state index contributed by atoms with van der Waals surface area (Å²) in [5.41, 5.74) is 1.52. The van der Waals surface area contributed by atoms with Crippen LogP contribution in [0.15, 0.2) is 29.2 Å². The highest BCUT2D eigenvalue weighted by atomic mass is 32.2. The molecule has 0 bridgehead atoms. The minimum Gasteiger partial charge on any atom is -0.314 e. The first-order chi connectivity index (χ1) is 9.11. The van der Waals surface area contributed by atoms with Gasteiger partial charge in [0.05, 0.1) is 0 Å². The van der Waals surface area contributed by atoms with Crippen molar-refractivity contribution < 1.29 is 0 Å². The molecule has 19 heavy (non-hydrogen) atoms. The molecule has 0 spiro atoms. The van der Waals surface area contributed by atoms with Gasteiger partial charge in [-0.25, -0.2) is 0 Å². The van der Waals surface area contributed by atoms with Crippen molar-refractivity contribution in [2.45, 2.75) is 62.6 Å². The summed E-state index contributed by atoms with van der Waals surface area (Å²) in [4.78, 5) is 1.39. The number of thioether (sulfide) groups is 1. The normalized spacial score (nSPS) is 26.5. The first-order valence-electron chi connectivity index (χ1n) is 7.61. The maximum atomic E-state index is 3.65. The van der Waals surface area contributed by atoms with Crippen molar-refractivity contribution in [2.75, 3.05) is 6.54 Å². The molecule has 1 aliphatic rings. The van der Waals surface area contributed by atoms with Gasteiger partial charge in [0.25, 0.3) is 0 Å². The minimum atomic E-state index is 0.663. The Morgan fingerprint density at radius 2 is 1.95 bits per heavy atom. The molecule has 0 radical (unpaired) electrons. The monoisotopic (exact) mass is 277 g/mol. The van der Waals surface area contributed by atoms with Crippen molar-refractivity contribution in [3.05, 3.63) is 29.8 Å². The van der Waals surface area contributed by atoms with Crippen LogP contribution in [0.5, 0.6) is 0 Å². The first-order valence-corrected chi connectivity index (χ1v) is 8.49. The van der Waals surface area contributed by atoms with Gasteiger partial charge in [-0.1, -0.05) is 39.8 Å². The van der Waals surface area contributed by atoms with Crippen molar-refractivity contribution in [3.8, 4) is 0 Å². The van der Waals surface area contributed by atoms with E-state index in [2.05, 4.69) is 57.3 Å². The molecule has 1 aromatic carbocycles. The zero-order chi connectivity index (χ0) is 13.8. The van der Waals surface area contributed by atoms with Crippen LogP contribution < -0.4 is 5.32 Å². The Balaban J connectivity index is 1.90. The van der Waals surface area contributed by atoms with E-state index in [4.69, 9.17) is 0 Å². The lowest BCUT2D eigenvalue weighted by molar-refractivity contribution is 0.185. The molecule has 1 fully saturated rings. The number of hydrogen-bond acceptors (Lipinski definition) is 2. The van der Waals surface area contributed by atoms with E-state index in [1.54, 1.807) is 0 Å². The van der Waals surface area contributed by atoms with Crippen molar-refractivity contribution >= 4 is 11.8 Å². The summed E-state index contributed by atoms with van der Waals surface area (Å²) in [7, 11) is 0. The minimum absolute atomic E-state index is 0.663. The van der Waals surface area contributed by atoms with E-state index in [-0.39, 0.29) is 0 Å². The summed E-state index contributed by atoms with van der Waals surface area (Å²) in [5, 5.41) is 4.31. The van der Waals surface area contributed by atoms with Crippen molar-refractivity contribution in [2.24, 2.45) is 5.92 Å². The van der Waals surface area contributed by atoms with Gasteiger partial charge in [-0.05, 0) is 48.9 Å². The molecule has 2 heteroatoms. The topological polar surface area (TPSA) is 12.0 Å². The van der Waals surface area contributed by atoms with E-state index in [9.17, 15) is 0 Å². The SMILES string of the molecule is CCCNC1CC(c2ccc(SC(C)C)cc2)C1C. The van der Waals surface area contributed by atoms with Crippen LogP contribution in [0.25, 0.3) is 0 Å². The zero-order valence-electron chi connectivity index (χ0n) is 12.6. The summed E-state index contributed by atoms with van der Waals surface area (Å²) < 4.78 is 0. The molecule has 1 aliphatic carbocycles. The van der Waals surface area contributed by atoms with Gasteiger partial charge in [-0.2, -0.15) is 0 Å². The average Bonchev–Trinajstić information content (AvgIpc) is 2.38. The second-order valence-corrected chi connectivity index (χ2v) is 7.65. The Bertz CT molecular complexity index is 385. The molecule has 0 aromatic heterocycles. The Morgan fingerprint density at radius 3 is 2.47 bits per heavy atom. The van der Waals surface area contributed by atoms with E-state index in [1.807, 2.05) is 11.8 Å². The number of hydrogen-bond donors (Lipinski definition) is 1. The molecule has 1 saturated carbocycles. The van der Waals surface area contributed by atoms with E-state index in [0.717, 1.165) is 24.4 Å². The standard InChI is InChI=1S/C17H27NS/c1-5-10-18-17-11-16(13(17)4)14-6-8-15(9-7-14)19-12(2)3/h6-9,12-13,16-18H,5,10-11H2,1-4H3. The Kier molecular flexibility index (Phi) is 5.35. The Labute approximate surface area is 122 Å². The Morgan fingerprint density at radius 1 is 1.26 bits per heavy atom. The largest absolute Gasteiger partial charge is 0.314 e. The van der Waals surface area contributed by atoms with Crippen LogP contribution in [0.1, 0.15) is 52.0 Å². The second kappa shape index (κ2) is 6.81. The third-order valence-electron chi connectivity index (χ3n) is 4.11. The maximum absolute atomic E-state index is 3.65. The smallest absolute Gasteiger partial charge is 0.0104 e. The highest BCUT2D eigenvalue weighted by molar-refractivity contribution is 7.99. The van der Waals surface area contributed by atoms with Gasteiger partial charge in [-0.15, -0.1) is 11.8 Å². The molecule has 0 amide bonds. The highest BCUT2D eigenvalue weighted by Gasteiger charge is 2.37. The fourth-order valence-corrected chi connectivity index (χ4v) is 3.73. The van der Waals surface area contributed by atoms with Gasteiger partial charge in [0.15, 0.2) is 0 Å². The quantitative estimate of drug-likeness (QED) is 0.758. The molecule has 106 valence electrons. The molecule has 2 rings (SSSR count). The molecule has 0 aliphatic heterocycles. The van der Waals surface area contributed by atoms with Crippen molar-refractivity contribution in [1.29, 1.82) is 0 Å². The van der Waals surface area contributed by atoms with Crippen LogP contribution in [0.3, 0.4) is 0 Å².